The first-order valence-electron chi connectivity index (χ1n) is 7.30. The maximum atomic E-state index is 5.01. The molecule has 2 aromatic rings. The van der Waals surface area contributed by atoms with Crippen molar-refractivity contribution in [2.45, 2.75) is 27.7 Å². The van der Waals surface area contributed by atoms with Gasteiger partial charge in [0.15, 0.2) is 0 Å². The Labute approximate surface area is 131 Å². The second-order valence-electron chi connectivity index (χ2n) is 5.35. The topological polar surface area (TPSA) is 72.0 Å². The van der Waals surface area contributed by atoms with E-state index in [2.05, 4.69) is 58.5 Å². The van der Waals surface area contributed by atoms with Crippen LogP contribution in [0, 0.1) is 27.7 Å². The number of hydrogen-bond donors (Lipinski definition) is 2. The van der Waals surface area contributed by atoms with E-state index in [-0.39, 0.29) is 0 Å². The summed E-state index contributed by atoms with van der Waals surface area (Å²) in [6.07, 6.45) is 0. The third-order valence-electron chi connectivity index (χ3n) is 3.25. The molecule has 0 radical (unpaired) electrons. The van der Waals surface area contributed by atoms with Crippen LogP contribution in [0.5, 0.6) is 0 Å². The van der Waals surface area contributed by atoms with Gasteiger partial charge < -0.3 is 15.4 Å². The molecule has 0 aliphatic heterocycles. The fourth-order valence-corrected chi connectivity index (χ4v) is 2.37. The second-order valence-corrected chi connectivity index (χ2v) is 5.35. The lowest BCUT2D eigenvalue weighted by atomic mass is 10.1. The highest BCUT2D eigenvalue weighted by molar-refractivity contribution is 5.64. The second kappa shape index (κ2) is 7.17. The molecule has 0 fully saturated rings. The van der Waals surface area contributed by atoms with Crippen LogP contribution in [0.1, 0.15) is 22.5 Å². The summed E-state index contributed by atoms with van der Waals surface area (Å²) in [4.78, 5) is 13.0. The Bertz CT molecular complexity index is 634. The van der Waals surface area contributed by atoms with Gasteiger partial charge in [-0.2, -0.15) is 15.0 Å². The molecule has 6 heteroatoms. The molecule has 118 valence electrons. The van der Waals surface area contributed by atoms with Crippen LogP contribution >= 0.6 is 0 Å². The number of ether oxygens (including phenoxy) is 1. The fourth-order valence-electron chi connectivity index (χ4n) is 2.37. The van der Waals surface area contributed by atoms with Gasteiger partial charge in [0.05, 0.1) is 6.61 Å². The monoisotopic (exact) mass is 301 g/mol. The van der Waals surface area contributed by atoms with Gasteiger partial charge in [-0.15, -0.1) is 0 Å². The number of aryl methyl sites for hydroxylation is 4. The molecule has 0 amide bonds. The molecule has 1 aromatic heterocycles. The van der Waals surface area contributed by atoms with Gasteiger partial charge >= 0.3 is 0 Å². The Balaban J connectivity index is 2.22. The van der Waals surface area contributed by atoms with E-state index < -0.39 is 0 Å². The van der Waals surface area contributed by atoms with Gasteiger partial charge in [-0.3, -0.25) is 0 Å². The summed E-state index contributed by atoms with van der Waals surface area (Å²) in [6, 6.07) is 4.28. The van der Waals surface area contributed by atoms with Crippen molar-refractivity contribution in [3.05, 3.63) is 34.6 Å². The summed E-state index contributed by atoms with van der Waals surface area (Å²) >= 11 is 0. The lowest BCUT2D eigenvalue weighted by Crippen LogP contribution is -2.13. The number of benzene rings is 1. The summed E-state index contributed by atoms with van der Waals surface area (Å²) in [7, 11) is 1.66. The average Bonchev–Trinajstić information content (AvgIpc) is 2.42. The van der Waals surface area contributed by atoms with E-state index in [1.54, 1.807) is 7.11 Å². The van der Waals surface area contributed by atoms with Crippen molar-refractivity contribution in [2.24, 2.45) is 0 Å². The molecule has 1 heterocycles. The fraction of sp³-hybridized carbons (Fsp3) is 0.438. The molecule has 0 saturated heterocycles. The standard InChI is InChI=1S/C16H23N5O/c1-10-8-11(2)14(12(3)9-10)20-16-19-13(4)18-15(21-16)17-6-7-22-5/h8-9H,6-7H2,1-5H3,(H2,17,18,19,20,21). The highest BCUT2D eigenvalue weighted by Crippen LogP contribution is 2.24. The van der Waals surface area contributed by atoms with Crippen molar-refractivity contribution in [3.63, 3.8) is 0 Å². The summed E-state index contributed by atoms with van der Waals surface area (Å²) in [5.74, 6) is 1.76. The molecule has 0 atom stereocenters. The highest BCUT2D eigenvalue weighted by Gasteiger charge is 2.08. The molecule has 2 N–H and O–H groups in total. The summed E-state index contributed by atoms with van der Waals surface area (Å²) in [5, 5.41) is 6.43. The van der Waals surface area contributed by atoms with Crippen LogP contribution in [0.15, 0.2) is 12.1 Å². The number of aromatic nitrogens is 3. The third-order valence-corrected chi connectivity index (χ3v) is 3.25. The van der Waals surface area contributed by atoms with Crippen molar-refractivity contribution in [3.8, 4) is 0 Å². The lowest BCUT2D eigenvalue weighted by molar-refractivity contribution is 0.210. The molecular formula is C16H23N5O. The minimum absolute atomic E-state index is 0.544. The lowest BCUT2D eigenvalue weighted by Gasteiger charge is -2.13. The average molecular weight is 301 g/mol. The van der Waals surface area contributed by atoms with Crippen molar-refractivity contribution in [1.82, 2.24) is 15.0 Å². The molecule has 1 aromatic carbocycles. The van der Waals surface area contributed by atoms with Gasteiger partial charge in [-0.1, -0.05) is 17.7 Å². The summed E-state index contributed by atoms with van der Waals surface area (Å²) < 4.78 is 5.01. The first-order valence-corrected chi connectivity index (χ1v) is 7.30. The van der Waals surface area contributed by atoms with Crippen molar-refractivity contribution >= 4 is 17.6 Å². The Kier molecular flexibility index (Phi) is 5.27. The number of rotatable bonds is 6. The SMILES string of the molecule is COCCNc1nc(C)nc(Nc2c(C)cc(C)cc2C)n1. The van der Waals surface area contributed by atoms with Crippen LogP contribution in [-0.4, -0.2) is 35.2 Å². The van der Waals surface area contributed by atoms with Gasteiger partial charge in [-0.05, 0) is 38.8 Å². The number of anilines is 3. The van der Waals surface area contributed by atoms with E-state index in [9.17, 15) is 0 Å². The minimum Gasteiger partial charge on any atom is -0.383 e. The van der Waals surface area contributed by atoms with Crippen molar-refractivity contribution in [1.29, 1.82) is 0 Å². The van der Waals surface area contributed by atoms with E-state index in [0.717, 1.165) is 5.69 Å². The molecular weight excluding hydrogens is 278 g/mol. The molecule has 6 nitrogen and oxygen atoms in total. The van der Waals surface area contributed by atoms with Crippen molar-refractivity contribution < 1.29 is 4.74 Å². The molecule has 0 saturated carbocycles. The highest BCUT2D eigenvalue weighted by atomic mass is 16.5. The molecule has 0 aliphatic rings. The Morgan fingerprint density at radius 1 is 0.955 bits per heavy atom. The van der Waals surface area contributed by atoms with Crippen LogP contribution < -0.4 is 10.6 Å². The summed E-state index contributed by atoms with van der Waals surface area (Å²) in [6.45, 7) is 9.35. The maximum Gasteiger partial charge on any atom is 0.232 e. The van der Waals surface area contributed by atoms with Gasteiger partial charge in [-0.25, -0.2) is 0 Å². The summed E-state index contributed by atoms with van der Waals surface area (Å²) in [5.41, 5.74) is 4.63. The molecule has 0 aliphatic carbocycles. The predicted molar refractivity (Wildman–Crippen MR) is 88.9 cm³/mol. The zero-order chi connectivity index (χ0) is 16.1. The van der Waals surface area contributed by atoms with Crippen LogP contribution in [-0.2, 0) is 4.74 Å². The van der Waals surface area contributed by atoms with E-state index >= 15 is 0 Å². The van der Waals surface area contributed by atoms with E-state index in [1.165, 1.54) is 16.7 Å². The number of hydrogen-bond acceptors (Lipinski definition) is 6. The first-order chi connectivity index (χ1) is 10.5. The zero-order valence-electron chi connectivity index (χ0n) is 13.8. The zero-order valence-corrected chi connectivity index (χ0v) is 13.8. The Morgan fingerprint density at radius 2 is 1.59 bits per heavy atom. The van der Waals surface area contributed by atoms with E-state index in [1.807, 2.05) is 6.92 Å². The molecule has 0 unspecified atom stereocenters. The smallest absolute Gasteiger partial charge is 0.232 e. The number of nitrogens with zero attached hydrogens (tertiary/aromatic N) is 3. The predicted octanol–water partition coefficient (Wildman–Crippen LogP) is 2.91. The van der Waals surface area contributed by atoms with Gasteiger partial charge in [0.25, 0.3) is 0 Å². The molecule has 2 rings (SSSR count). The minimum atomic E-state index is 0.544. The number of nitrogens with one attached hydrogen (secondary N) is 2. The van der Waals surface area contributed by atoms with Gasteiger partial charge in [0, 0.05) is 19.3 Å². The normalized spacial score (nSPS) is 10.6. The van der Waals surface area contributed by atoms with Crippen LogP contribution in [0.3, 0.4) is 0 Å². The largest absolute Gasteiger partial charge is 0.383 e. The Hall–Kier alpha value is -2.21. The van der Waals surface area contributed by atoms with Gasteiger partial charge in [0.2, 0.25) is 11.9 Å². The van der Waals surface area contributed by atoms with Crippen molar-refractivity contribution in [2.75, 3.05) is 30.9 Å². The maximum absolute atomic E-state index is 5.01. The molecule has 0 spiro atoms. The third kappa shape index (κ3) is 4.14. The van der Waals surface area contributed by atoms with E-state index in [0.29, 0.717) is 30.9 Å². The van der Waals surface area contributed by atoms with Gasteiger partial charge in [0.1, 0.15) is 5.82 Å². The van der Waals surface area contributed by atoms with E-state index in [4.69, 9.17) is 4.74 Å². The van der Waals surface area contributed by atoms with Crippen LogP contribution in [0.4, 0.5) is 17.6 Å². The number of methoxy groups -OCH3 is 1. The molecule has 22 heavy (non-hydrogen) atoms. The van der Waals surface area contributed by atoms with Crippen LogP contribution in [0.25, 0.3) is 0 Å². The first kappa shape index (κ1) is 16.2. The Morgan fingerprint density at radius 3 is 2.23 bits per heavy atom. The quantitative estimate of drug-likeness (QED) is 0.799. The van der Waals surface area contributed by atoms with Crippen LogP contribution in [0.2, 0.25) is 0 Å². The molecule has 0 bridgehead atoms.